The molecule has 0 fully saturated rings. The summed E-state index contributed by atoms with van der Waals surface area (Å²) >= 11 is 0. The Labute approximate surface area is 344 Å². The number of aliphatic hydroxyl groups is 2. The fourth-order valence-electron chi connectivity index (χ4n) is 6.76. The van der Waals surface area contributed by atoms with Crippen LogP contribution in [0.4, 0.5) is 0 Å². The summed E-state index contributed by atoms with van der Waals surface area (Å²) in [6, 6.07) is -0.984. The van der Waals surface area contributed by atoms with Crippen molar-refractivity contribution < 1.29 is 33.5 Å². The molecular formula is C46H89N2O7P. The van der Waals surface area contributed by atoms with Crippen LogP contribution < -0.4 is 11.1 Å². The van der Waals surface area contributed by atoms with Crippen molar-refractivity contribution in [3.63, 3.8) is 0 Å². The number of hydrogen-bond acceptors (Lipinski definition) is 7. The lowest BCUT2D eigenvalue weighted by Crippen LogP contribution is -2.46. The number of phosphoric acid groups is 1. The summed E-state index contributed by atoms with van der Waals surface area (Å²) in [5.41, 5.74) is 5.37. The number of phosphoric ester groups is 1. The standard InChI is InChI=1S/C46H89N2O7P/c1-3-5-7-9-11-13-15-17-19-21-23-25-27-29-31-33-35-37-43(49)41-46(51)48-44(42-55-56(52,53)54-40-39-47)45(50)38-36-34-32-30-28-26-24-22-20-18-16-14-12-10-8-6-4-2/h11,13,15,17,36,38,43-45,49-50H,3-10,12,14,16,18-35,37,39-42,47H2,1-2H3,(H,48,51)(H,52,53)/b13-11-,17-15-,38-36+. The number of nitrogens with two attached hydrogens (primary N) is 1. The summed E-state index contributed by atoms with van der Waals surface area (Å²) in [4.78, 5) is 22.8. The zero-order valence-electron chi connectivity index (χ0n) is 36.2. The van der Waals surface area contributed by atoms with Gasteiger partial charge in [0.05, 0.1) is 37.9 Å². The Morgan fingerprint density at radius 3 is 1.52 bits per heavy atom. The summed E-state index contributed by atoms with van der Waals surface area (Å²) in [7, 11) is -4.40. The Hall–Kier alpha value is -1.32. The lowest BCUT2D eigenvalue weighted by Gasteiger charge is -2.24. The van der Waals surface area contributed by atoms with E-state index < -0.39 is 38.6 Å². The SMILES string of the molecule is CCCCC/C=C\C=C/CCCCCCCCCCC(O)CC(=O)NC(COP(=O)(O)OCCN)C(O)/C=C/CCCCCCCCCCCCCCCCC. The van der Waals surface area contributed by atoms with Crippen molar-refractivity contribution in [3.05, 3.63) is 36.5 Å². The van der Waals surface area contributed by atoms with E-state index in [1.165, 1.54) is 141 Å². The molecule has 0 aliphatic heterocycles. The van der Waals surface area contributed by atoms with Gasteiger partial charge in [-0.25, -0.2) is 4.57 Å². The first-order valence-electron chi connectivity index (χ1n) is 23.2. The zero-order chi connectivity index (χ0) is 41.2. The van der Waals surface area contributed by atoms with Crippen LogP contribution in [0.2, 0.25) is 0 Å². The molecule has 0 aromatic rings. The molecule has 6 N–H and O–H groups in total. The van der Waals surface area contributed by atoms with Gasteiger partial charge in [-0.05, 0) is 44.9 Å². The smallest absolute Gasteiger partial charge is 0.393 e. The van der Waals surface area contributed by atoms with Crippen LogP contribution in [0.1, 0.15) is 213 Å². The average molecular weight is 813 g/mol. The number of carbonyl (C=O) groups excluding carboxylic acids is 1. The second kappa shape index (κ2) is 41.8. The Kier molecular flexibility index (Phi) is 40.8. The van der Waals surface area contributed by atoms with Crippen molar-refractivity contribution in [1.29, 1.82) is 0 Å². The van der Waals surface area contributed by atoms with E-state index in [0.717, 1.165) is 44.9 Å². The van der Waals surface area contributed by atoms with Crippen LogP contribution in [0.5, 0.6) is 0 Å². The van der Waals surface area contributed by atoms with E-state index in [9.17, 15) is 24.5 Å². The molecule has 0 bridgehead atoms. The van der Waals surface area contributed by atoms with Crippen LogP contribution in [0.3, 0.4) is 0 Å². The van der Waals surface area contributed by atoms with Crippen LogP contribution in [0, 0.1) is 0 Å². The number of allylic oxidation sites excluding steroid dienone is 5. The van der Waals surface area contributed by atoms with Crippen molar-refractivity contribution in [2.45, 2.75) is 231 Å². The number of carbonyl (C=O) groups is 1. The van der Waals surface area contributed by atoms with Crippen LogP contribution in [0.15, 0.2) is 36.5 Å². The van der Waals surface area contributed by atoms with E-state index in [1.807, 2.05) is 6.08 Å². The van der Waals surface area contributed by atoms with E-state index >= 15 is 0 Å². The van der Waals surface area contributed by atoms with Crippen molar-refractivity contribution in [2.24, 2.45) is 5.73 Å². The molecule has 0 radical (unpaired) electrons. The van der Waals surface area contributed by atoms with Gasteiger partial charge in [0.2, 0.25) is 5.91 Å². The van der Waals surface area contributed by atoms with Gasteiger partial charge in [-0.2, -0.15) is 0 Å². The Bertz CT molecular complexity index is 993. The van der Waals surface area contributed by atoms with Crippen LogP contribution in [-0.2, 0) is 18.4 Å². The highest BCUT2D eigenvalue weighted by atomic mass is 31.2. The van der Waals surface area contributed by atoms with Crippen molar-refractivity contribution in [3.8, 4) is 0 Å². The molecule has 4 unspecified atom stereocenters. The Balaban J connectivity index is 4.29. The van der Waals surface area contributed by atoms with Gasteiger partial charge in [-0.15, -0.1) is 0 Å². The van der Waals surface area contributed by atoms with E-state index in [4.69, 9.17) is 14.8 Å². The minimum Gasteiger partial charge on any atom is -0.393 e. The first-order valence-corrected chi connectivity index (χ1v) is 24.7. The number of rotatable bonds is 43. The minimum absolute atomic E-state index is 0.0480. The van der Waals surface area contributed by atoms with Gasteiger partial charge in [0.15, 0.2) is 0 Å². The molecule has 0 aromatic carbocycles. The number of amides is 1. The summed E-state index contributed by atoms with van der Waals surface area (Å²) < 4.78 is 22.1. The second-order valence-electron chi connectivity index (χ2n) is 15.8. The normalized spacial score (nSPS) is 14.9. The van der Waals surface area contributed by atoms with Crippen molar-refractivity contribution in [1.82, 2.24) is 5.32 Å². The highest BCUT2D eigenvalue weighted by Gasteiger charge is 2.27. The number of hydrogen-bond donors (Lipinski definition) is 5. The monoisotopic (exact) mass is 813 g/mol. The molecule has 0 spiro atoms. The van der Waals surface area contributed by atoms with E-state index in [2.05, 4.69) is 43.5 Å². The second-order valence-corrected chi connectivity index (χ2v) is 17.3. The van der Waals surface area contributed by atoms with Gasteiger partial charge < -0.3 is 26.2 Å². The molecule has 0 aromatic heterocycles. The molecule has 330 valence electrons. The number of nitrogens with one attached hydrogen (secondary N) is 1. The minimum atomic E-state index is -4.40. The quantitative estimate of drug-likeness (QED) is 0.0177. The molecule has 1 amide bonds. The molecule has 0 aliphatic rings. The molecule has 10 heteroatoms. The topological polar surface area (TPSA) is 151 Å². The largest absolute Gasteiger partial charge is 0.472 e. The predicted molar refractivity (Wildman–Crippen MR) is 237 cm³/mol. The van der Waals surface area contributed by atoms with Gasteiger partial charge in [0, 0.05) is 6.54 Å². The summed E-state index contributed by atoms with van der Waals surface area (Å²) in [5.74, 6) is -0.450. The number of aliphatic hydroxyl groups excluding tert-OH is 2. The van der Waals surface area contributed by atoms with Crippen LogP contribution in [0.25, 0.3) is 0 Å². The van der Waals surface area contributed by atoms with Gasteiger partial charge in [0.25, 0.3) is 0 Å². The van der Waals surface area contributed by atoms with Crippen LogP contribution in [-0.4, -0.2) is 59.0 Å². The molecular weight excluding hydrogens is 723 g/mol. The maximum Gasteiger partial charge on any atom is 0.472 e. The van der Waals surface area contributed by atoms with E-state index in [1.54, 1.807) is 6.08 Å². The fraction of sp³-hybridized carbons (Fsp3) is 0.848. The molecule has 0 rings (SSSR count). The molecule has 0 heterocycles. The lowest BCUT2D eigenvalue weighted by atomic mass is 10.0. The molecule has 56 heavy (non-hydrogen) atoms. The number of unbranched alkanes of at least 4 members (excludes halogenated alkanes) is 26. The first kappa shape index (κ1) is 54.7. The fourth-order valence-corrected chi connectivity index (χ4v) is 7.51. The Morgan fingerprint density at radius 2 is 1.04 bits per heavy atom. The average Bonchev–Trinajstić information content (AvgIpc) is 3.17. The molecule has 0 aliphatic carbocycles. The third-order valence-electron chi connectivity index (χ3n) is 10.3. The Morgan fingerprint density at radius 1 is 0.625 bits per heavy atom. The molecule has 4 atom stereocenters. The third kappa shape index (κ3) is 39.5. The maximum absolute atomic E-state index is 12.8. The summed E-state index contributed by atoms with van der Waals surface area (Å²) in [6.07, 6.45) is 46.5. The zero-order valence-corrected chi connectivity index (χ0v) is 37.1. The summed E-state index contributed by atoms with van der Waals surface area (Å²) in [6.45, 7) is 3.95. The van der Waals surface area contributed by atoms with Crippen LogP contribution >= 0.6 is 7.82 Å². The first-order chi connectivity index (χ1) is 27.3. The van der Waals surface area contributed by atoms with Crippen molar-refractivity contribution in [2.75, 3.05) is 19.8 Å². The van der Waals surface area contributed by atoms with Gasteiger partial charge in [-0.3, -0.25) is 13.8 Å². The highest BCUT2D eigenvalue weighted by molar-refractivity contribution is 7.47. The highest BCUT2D eigenvalue weighted by Crippen LogP contribution is 2.43. The van der Waals surface area contributed by atoms with E-state index in [0.29, 0.717) is 6.42 Å². The van der Waals surface area contributed by atoms with Crippen molar-refractivity contribution >= 4 is 13.7 Å². The van der Waals surface area contributed by atoms with E-state index in [-0.39, 0.29) is 19.6 Å². The molecule has 0 saturated carbocycles. The molecule has 0 saturated heterocycles. The van der Waals surface area contributed by atoms with Gasteiger partial charge in [0.1, 0.15) is 0 Å². The summed E-state index contributed by atoms with van der Waals surface area (Å²) in [5, 5.41) is 24.1. The lowest BCUT2D eigenvalue weighted by molar-refractivity contribution is -0.124. The van der Waals surface area contributed by atoms with Gasteiger partial charge >= 0.3 is 7.82 Å². The predicted octanol–water partition coefficient (Wildman–Crippen LogP) is 12.1. The maximum atomic E-state index is 12.8. The molecule has 9 nitrogen and oxygen atoms in total. The van der Waals surface area contributed by atoms with Gasteiger partial charge in [-0.1, -0.05) is 198 Å². The third-order valence-corrected chi connectivity index (χ3v) is 11.3.